The van der Waals surface area contributed by atoms with Crippen molar-refractivity contribution in [1.29, 1.82) is 0 Å². The quantitative estimate of drug-likeness (QED) is 0.295. The van der Waals surface area contributed by atoms with E-state index < -0.39 is 0 Å². The largest absolute Gasteiger partial charge is 0.456 e. The molecular weight excluding hydrogens is 476 g/mol. The lowest BCUT2D eigenvalue weighted by Gasteiger charge is -2.59. The minimum absolute atomic E-state index is 0.0121. The van der Waals surface area contributed by atoms with Crippen LogP contribution in [0.25, 0.3) is 0 Å². The van der Waals surface area contributed by atoms with Crippen LogP contribution in [0.15, 0.2) is 24.4 Å². The smallest absolute Gasteiger partial charge is 0.303 e. The minimum Gasteiger partial charge on any atom is -0.456 e. The summed E-state index contributed by atoms with van der Waals surface area (Å²) in [5.74, 6) is 2.44. The molecule has 0 aromatic heterocycles. The summed E-state index contributed by atoms with van der Waals surface area (Å²) in [4.78, 5) is 28.1. The van der Waals surface area contributed by atoms with Crippen molar-refractivity contribution in [3.05, 3.63) is 24.4 Å². The molecule has 6 heteroatoms. The first-order valence-corrected chi connectivity index (χ1v) is 15.4. The molecule has 2 heterocycles. The summed E-state index contributed by atoms with van der Waals surface area (Å²) >= 11 is 0. The molecule has 6 nitrogen and oxygen atoms in total. The molecule has 210 valence electrons. The number of rotatable bonds is 5. The van der Waals surface area contributed by atoms with E-state index in [4.69, 9.17) is 9.47 Å². The first-order chi connectivity index (χ1) is 18.2. The molecule has 0 aromatic carbocycles. The van der Waals surface area contributed by atoms with E-state index in [0.717, 1.165) is 55.5 Å². The Bertz CT molecular complexity index is 995. The van der Waals surface area contributed by atoms with Crippen LogP contribution in [0.3, 0.4) is 0 Å². The fraction of sp³-hybridized carbons (Fsp3) is 0.812. The van der Waals surface area contributed by atoms with Crippen LogP contribution >= 0.6 is 0 Å². The summed E-state index contributed by atoms with van der Waals surface area (Å²) in [5, 5.41) is 0. The van der Waals surface area contributed by atoms with Gasteiger partial charge in [-0.05, 0) is 60.8 Å². The van der Waals surface area contributed by atoms with Crippen LogP contribution < -0.4 is 0 Å². The molecule has 6 aliphatic rings. The number of likely N-dealkylation sites (tertiary alicyclic amines) is 1. The number of carbonyl (C=O) groups is 2. The lowest BCUT2D eigenvalue weighted by molar-refractivity contribution is -0.937. The number of esters is 1. The highest BCUT2D eigenvalue weighted by molar-refractivity contribution is 5.96. The Balaban J connectivity index is 1.34. The lowest BCUT2D eigenvalue weighted by atomic mass is 9.46. The van der Waals surface area contributed by atoms with Crippen molar-refractivity contribution in [3.63, 3.8) is 0 Å². The van der Waals surface area contributed by atoms with Crippen molar-refractivity contribution in [2.75, 3.05) is 45.9 Å². The van der Waals surface area contributed by atoms with Gasteiger partial charge in [-0.1, -0.05) is 26.5 Å². The molecule has 2 aliphatic heterocycles. The minimum atomic E-state index is -0.125. The fourth-order valence-electron chi connectivity index (χ4n) is 10.5. The summed E-state index contributed by atoms with van der Waals surface area (Å²) < 4.78 is 13.0. The van der Waals surface area contributed by atoms with Crippen LogP contribution in [-0.4, -0.2) is 79.2 Å². The molecule has 8 atom stereocenters. The summed E-state index contributed by atoms with van der Waals surface area (Å²) in [6, 6.07) is 0.367. The van der Waals surface area contributed by atoms with Gasteiger partial charge in [0.15, 0.2) is 11.9 Å². The third-order valence-electron chi connectivity index (χ3n) is 12.4. The molecule has 0 aromatic rings. The monoisotopic (exact) mass is 525 g/mol. The molecule has 6 rings (SSSR count). The number of carbonyl (C=O) groups excluding carboxylic acids is 2. The first-order valence-electron chi connectivity index (χ1n) is 15.4. The van der Waals surface area contributed by atoms with Crippen LogP contribution in [0.2, 0.25) is 0 Å². The van der Waals surface area contributed by atoms with Gasteiger partial charge in [0, 0.05) is 51.1 Å². The van der Waals surface area contributed by atoms with E-state index in [1.165, 1.54) is 32.4 Å². The number of hydrogen-bond acceptors (Lipinski definition) is 5. The van der Waals surface area contributed by atoms with E-state index in [1.807, 2.05) is 0 Å². The maximum atomic E-state index is 13.3. The molecule has 0 N–H and O–H groups in total. The van der Waals surface area contributed by atoms with Gasteiger partial charge in [-0.15, -0.1) is 0 Å². The van der Waals surface area contributed by atoms with E-state index in [1.54, 1.807) is 6.92 Å². The van der Waals surface area contributed by atoms with Crippen molar-refractivity contribution in [3.8, 4) is 0 Å². The Kier molecular flexibility index (Phi) is 6.82. The van der Waals surface area contributed by atoms with Crippen LogP contribution in [0.4, 0.5) is 0 Å². The molecule has 0 radical (unpaired) electrons. The Labute approximate surface area is 229 Å². The number of Topliss-reactive ketones (excluding diaryl/α,β-unsaturated/α-hetero) is 1. The van der Waals surface area contributed by atoms with E-state index >= 15 is 0 Å². The van der Waals surface area contributed by atoms with Crippen molar-refractivity contribution in [2.45, 2.75) is 84.3 Å². The normalized spacial score (nSPS) is 44.0. The molecule has 38 heavy (non-hydrogen) atoms. The summed E-state index contributed by atoms with van der Waals surface area (Å²) in [6.07, 6.45) is 13.5. The Morgan fingerprint density at radius 1 is 1.18 bits per heavy atom. The average Bonchev–Trinajstić information content (AvgIpc) is 3.48. The predicted molar refractivity (Wildman–Crippen MR) is 147 cm³/mol. The number of fused-ring (bicyclic) bond motifs is 5. The van der Waals surface area contributed by atoms with Gasteiger partial charge >= 0.3 is 5.97 Å². The maximum absolute atomic E-state index is 13.3. The Morgan fingerprint density at radius 2 is 1.92 bits per heavy atom. The topological polar surface area (TPSA) is 55.8 Å². The van der Waals surface area contributed by atoms with Gasteiger partial charge < -0.3 is 18.9 Å². The van der Waals surface area contributed by atoms with Gasteiger partial charge in [0.2, 0.25) is 0 Å². The second kappa shape index (κ2) is 9.76. The van der Waals surface area contributed by atoms with Crippen LogP contribution in [-0.2, 0) is 19.1 Å². The number of ether oxygens (including phenoxy) is 2. The fourth-order valence-corrected chi connectivity index (χ4v) is 10.5. The number of hydrogen-bond donors (Lipinski definition) is 0. The molecule has 5 fully saturated rings. The predicted octanol–water partition coefficient (Wildman–Crippen LogP) is 4.74. The average molecular weight is 526 g/mol. The zero-order valence-corrected chi connectivity index (χ0v) is 24.0. The number of morpholine rings is 1. The molecule has 0 amide bonds. The van der Waals surface area contributed by atoms with Gasteiger partial charge in [0.1, 0.15) is 6.04 Å². The van der Waals surface area contributed by atoms with E-state index in [0.29, 0.717) is 55.1 Å². The second-order valence-corrected chi connectivity index (χ2v) is 14.0. The molecule has 0 unspecified atom stereocenters. The highest BCUT2D eigenvalue weighted by atomic mass is 16.5. The number of quaternary nitrogens is 1. The molecular formula is C32H49N2O4+. The van der Waals surface area contributed by atoms with Crippen molar-refractivity contribution < 1.29 is 23.5 Å². The molecule has 4 aliphatic carbocycles. The highest BCUT2D eigenvalue weighted by Crippen LogP contribution is 2.67. The summed E-state index contributed by atoms with van der Waals surface area (Å²) in [7, 11) is 0. The van der Waals surface area contributed by atoms with Gasteiger partial charge in [-0.2, -0.15) is 0 Å². The lowest BCUT2D eigenvalue weighted by Crippen LogP contribution is -2.59. The first kappa shape index (κ1) is 26.6. The second-order valence-electron chi connectivity index (χ2n) is 14.0. The zero-order chi connectivity index (χ0) is 26.7. The number of allylic oxidation sites excluding steroid dienone is 2. The van der Waals surface area contributed by atoms with E-state index in [-0.39, 0.29) is 22.9 Å². The number of nitrogens with zero attached hydrogens (tertiary/aromatic N) is 2. The summed E-state index contributed by atoms with van der Waals surface area (Å²) in [5.41, 5.74) is 1.05. The highest BCUT2D eigenvalue weighted by Gasteiger charge is 2.67. The van der Waals surface area contributed by atoms with Crippen LogP contribution in [0, 0.1) is 34.5 Å². The zero-order valence-electron chi connectivity index (χ0n) is 24.0. The van der Waals surface area contributed by atoms with E-state index in [2.05, 4.69) is 37.5 Å². The van der Waals surface area contributed by atoms with Crippen LogP contribution in [0.1, 0.15) is 72.1 Å². The van der Waals surface area contributed by atoms with Crippen molar-refractivity contribution in [1.82, 2.24) is 4.90 Å². The molecule has 0 bridgehead atoms. The maximum Gasteiger partial charge on any atom is 0.303 e. The van der Waals surface area contributed by atoms with E-state index in [9.17, 15) is 9.59 Å². The SMILES string of the molecule is C=CC[N+]1([C@H]2C[C@H]3[C@@H]4CC[C@H]5CC(=O)C(N6CCOCC6)=C[C@]5(C)[C@H]4CC[C@]3(C)[C@H]2OC(C)=O)CCCC1. The third kappa shape index (κ3) is 4.03. The summed E-state index contributed by atoms with van der Waals surface area (Å²) in [6.45, 7) is 17.1. The Morgan fingerprint density at radius 3 is 2.61 bits per heavy atom. The third-order valence-corrected chi connectivity index (χ3v) is 12.4. The molecule has 0 spiro atoms. The molecule has 2 saturated heterocycles. The van der Waals surface area contributed by atoms with Gasteiger partial charge in [0.25, 0.3) is 0 Å². The van der Waals surface area contributed by atoms with Crippen molar-refractivity contribution in [2.24, 2.45) is 34.5 Å². The standard InChI is InChI=1S/C32H49N2O4/c1-5-14-34(15-6-7-16-34)28-20-26-24-9-8-23-19-29(36)27(33-12-17-37-18-13-33)21-32(23,4)25(24)10-11-31(26,3)30(28)38-22(2)35/h5,21,23-26,28,30H,1,6-20H2,2-4H3/q+1/t23-,24+,25-,26-,28-,30-,31-,32-/m0/s1. The number of ketones is 1. The molecule has 3 saturated carbocycles. The van der Waals surface area contributed by atoms with Crippen molar-refractivity contribution >= 4 is 11.8 Å². The van der Waals surface area contributed by atoms with Gasteiger partial charge in [0.05, 0.1) is 38.5 Å². The van der Waals surface area contributed by atoms with Gasteiger partial charge in [-0.3, -0.25) is 9.59 Å². The Hall–Kier alpha value is -1.66. The van der Waals surface area contributed by atoms with Crippen LogP contribution in [0.5, 0.6) is 0 Å². The van der Waals surface area contributed by atoms with Gasteiger partial charge in [-0.25, -0.2) is 0 Å².